The van der Waals surface area contributed by atoms with Gasteiger partial charge in [-0.05, 0) is 42.3 Å². The average Bonchev–Trinajstić information content (AvgIpc) is 2.50. The van der Waals surface area contributed by atoms with Gasteiger partial charge in [-0.3, -0.25) is 9.59 Å². The Morgan fingerprint density at radius 1 is 1.17 bits per heavy atom. The summed E-state index contributed by atoms with van der Waals surface area (Å²) in [5.41, 5.74) is 2.04. The number of anilines is 1. The second-order valence-electron chi connectivity index (χ2n) is 5.00. The molecule has 4 nitrogen and oxygen atoms in total. The summed E-state index contributed by atoms with van der Waals surface area (Å²) in [5, 5.41) is 2.98. The molecule has 0 aliphatic carbocycles. The van der Waals surface area contributed by atoms with E-state index in [9.17, 15) is 14.0 Å². The quantitative estimate of drug-likeness (QED) is 0.851. The van der Waals surface area contributed by atoms with E-state index in [4.69, 9.17) is 16.3 Å². The van der Waals surface area contributed by atoms with Crippen molar-refractivity contribution in [3.8, 4) is 0 Å². The van der Waals surface area contributed by atoms with Crippen molar-refractivity contribution >= 4 is 29.2 Å². The van der Waals surface area contributed by atoms with Crippen LogP contribution in [0.15, 0.2) is 42.5 Å². The lowest BCUT2D eigenvalue weighted by Gasteiger charge is -2.08. The zero-order valence-corrected chi connectivity index (χ0v) is 13.2. The molecule has 6 heteroatoms. The number of benzene rings is 2. The fourth-order valence-electron chi connectivity index (χ4n) is 1.87. The third-order valence-electron chi connectivity index (χ3n) is 3.02. The summed E-state index contributed by atoms with van der Waals surface area (Å²) >= 11 is 6.00. The lowest BCUT2D eigenvalue weighted by molar-refractivity contribution is -0.146. The summed E-state index contributed by atoms with van der Waals surface area (Å²) in [6.07, 6.45) is -0.0289. The van der Waals surface area contributed by atoms with Crippen molar-refractivity contribution in [1.29, 1.82) is 0 Å². The van der Waals surface area contributed by atoms with Gasteiger partial charge in [0.25, 0.3) is 5.91 Å². The smallest absolute Gasteiger partial charge is 0.310 e. The Morgan fingerprint density at radius 3 is 2.52 bits per heavy atom. The first-order valence-electron chi connectivity index (χ1n) is 6.90. The average molecular weight is 336 g/mol. The maximum Gasteiger partial charge on any atom is 0.310 e. The molecule has 0 atom stereocenters. The standard InChI is InChI=1S/C17H15ClFNO3/c1-11-2-7-15(14(18)8-11)20-16(21)10-23-17(22)9-12-3-5-13(19)6-4-12/h2-8H,9-10H2,1H3,(H,20,21). The fraction of sp³-hybridized carbons (Fsp3) is 0.176. The molecule has 0 aliphatic heterocycles. The van der Waals surface area contributed by atoms with E-state index in [1.807, 2.05) is 13.0 Å². The van der Waals surface area contributed by atoms with E-state index in [-0.39, 0.29) is 12.2 Å². The number of hydrogen-bond acceptors (Lipinski definition) is 3. The Morgan fingerprint density at radius 2 is 1.87 bits per heavy atom. The van der Waals surface area contributed by atoms with E-state index in [0.29, 0.717) is 16.3 Å². The number of amides is 1. The molecule has 0 heterocycles. The van der Waals surface area contributed by atoms with Crippen molar-refractivity contribution in [2.75, 3.05) is 11.9 Å². The molecular weight excluding hydrogens is 321 g/mol. The van der Waals surface area contributed by atoms with E-state index in [0.717, 1.165) is 5.56 Å². The zero-order valence-electron chi connectivity index (χ0n) is 12.4. The molecular formula is C17H15ClFNO3. The maximum absolute atomic E-state index is 12.8. The van der Waals surface area contributed by atoms with E-state index < -0.39 is 18.5 Å². The lowest BCUT2D eigenvalue weighted by atomic mass is 10.1. The number of aryl methyl sites for hydroxylation is 1. The Kier molecular flexibility index (Phi) is 5.71. The largest absolute Gasteiger partial charge is 0.455 e. The minimum absolute atomic E-state index is 0.0289. The molecule has 0 unspecified atom stereocenters. The van der Waals surface area contributed by atoms with Crippen LogP contribution in [0, 0.1) is 12.7 Å². The third-order valence-corrected chi connectivity index (χ3v) is 3.34. The van der Waals surface area contributed by atoms with Crippen LogP contribution in [0.25, 0.3) is 0 Å². The number of rotatable bonds is 5. The van der Waals surface area contributed by atoms with Crippen molar-refractivity contribution in [2.24, 2.45) is 0 Å². The summed E-state index contributed by atoms with van der Waals surface area (Å²) in [7, 11) is 0. The Hall–Kier alpha value is -2.40. The van der Waals surface area contributed by atoms with Crippen LogP contribution in [0.3, 0.4) is 0 Å². The molecule has 0 radical (unpaired) electrons. The van der Waals surface area contributed by atoms with Crippen LogP contribution in [-0.2, 0) is 20.7 Å². The molecule has 2 aromatic carbocycles. The van der Waals surface area contributed by atoms with Crippen LogP contribution >= 0.6 is 11.6 Å². The van der Waals surface area contributed by atoms with Gasteiger partial charge in [0.2, 0.25) is 0 Å². The maximum atomic E-state index is 12.8. The number of hydrogen-bond donors (Lipinski definition) is 1. The highest BCUT2D eigenvalue weighted by Crippen LogP contribution is 2.22. The highest BCUT2D eigenvalue weighted by Gasteiger charge is 2.10. The topological polar surface area (TPSA) is 55.4 Å². The van der Waals surface area contributed by atoms with Gasteiger partial charge in [-0.2, -0.15) is 0 Å². The fourth-order valence-corrected chi connectivity index (χ4v) is 2.16. The predicted octanol–water partition coefficient (Wildman–Crippen LogP) is 3.51. The van der Waals surface area contributed by atoms with Crippen molar-refractivity contribution in [3.05, 3.63) is 64.4 Å². The summed E-state index contributed by atoms with van der Waals surface area (Å²) < 4.78 is 17.6. The van der Waals surface area contributed by atoms with Gasteiger partial charge < -0.3 is 10.1 Å². The van der Waals surface area contributed by atoms with Gasteiger partial charge in [0.15, 0.2) is 6.61 Å². The molecule has 1 N–H and O–H groups in total. The highest BCUT2D eigenvalue weighted by atomic mass is 35.5. The number of ether oxygens (including phenoxy) is 1. The van der Waals surface area contributed by atoms with Gasteiger partial charge in [-0.15, -0.1) is 0 Å². The molecule has 0 aliphatic rings. The number of nitrogens with one attached hydrogen (secondary N) is 1. The van der Waals surface area contributed by atoms with E-state index in [2.05, 4.69) is 5.32 Å². The van der Waals surface area contributed by atoms with Crippen molar-refractivity contribution in [2.45, 2.75) is 13.3 Å². The molecule has 0 saturated heterocycles. The molecule has 1 amide bonds. The molecule has 0 spiro atoms. The molecule has 120 valence electrons. The van der Waals surface area contributed by atoms with Crippen molar-refractivity contribution in [3.63, 3.8) is 0 Å². The Labute approximate surface area is 138 Å². The predicted molar refractivity (Wildman–Crippen MR) is 85.9 cm³/mol. The lowest BCUT2D eigenvalue weighted by Crippen LogP contribution is -2.21. The van der Waals surface area contributed by atoms with E-state index >= 15 is 0 Å². The van der Waals surface area contributed by atoms with Crippen LogP contribution in [-0.4, -0.2) is 18.5 Å². The second kappa shape index (κ2) is 7.74. The van der Waals surface area contributed by atoms with Gasteiger partial charge in [0.1, 0.15) is 5.82 Å². The zero-order chi connectivity index (χ0) is 16.8. The van der Waals surface area contributed by atoms with Crippen molar-refractivity contribution in [1.82, 2.24) is 0 Å². The Bertz CT molecular complexity index is 716. The number of carbonyl (C=O) groups is 2. The van der Waals surface area contributed by atoms with E-state index in [1.54, 1.807) is 12.1 Å². The minimum atomic E-state index is -0.568. The highest BCUT2D eigenvalue weighted by molar-refractivity contribution is 6.33. The summed E-state index contributed by atoms with van der Waals surface area (Å²) in [4.78, 5) is 23.4. The molecule has 0 saturated carbocycles. The van der Waals surface area contributed by atoms with Crippen LogP contribution in [0.4, 0.5) is 10.1 Å². The monoisotopic (exact) mass is 335 g/mol. The minimum Gasteiger partial charge on any atom is -0.455 e. The number of esters is 1. The van der Waals surface area contributed by atoms with E-state index in [1.165, 1.54) is 24.3 Å². The molecule has 2 rings (SSSR count). The first kappa shape index (κ1) is 17.0. The van der Waals surface area contributed by atoms with Crippen LogP contribution in [0.2, 0.25) is 5.02 Å². The van der Waals surface area contributed by atoms with Gasteiger partial charge >= 0.3 is 5.97 Å². The number of halogens is 2. The molecule has 0 bridgehead atoms. The SMILES string of the molecule is Cc1ccc(NC(=O)COC(=O)Cc2ccc(F)cc2)c(Cl)c1. The summed E-state index contributed by atoms with van der Waals surface area (Å²) in [5.74, 6) is -1.43. The van der Waals surface area contributed by atoms with Gasteiger partial charge in [0, 0.05) is 0 Å². The van der Waals surface area contributed by atoms with Gasteiger partial charge in [-0.1, -0.05) is 29.8 Å². The van der Waals surface area contributed by atoms with Gasteiger partial charge in [0.05, 0.1) is 17.1 Å². The van der Waals surface area contributed by atoms with Crippen LogP contribution in [0.5, 0.6) is 0 Å². The summed E-state index contributed by atoms with van der Waals surface area (Å²) in [6.45, 7) is 1.47. The van der Waals surface area contributed by atoms with Crippen LogP contribution < -0.4 is 5.32 Å². The molecule has 0 aromatic heterocycles. The Balaban J connectivity index is 1.81. The van der Waals surface area contributed by atoms with Crippen molar-refractivity contribution < 1.29 is 18.7 Å². The molecule has 23 heavy (non-hydrogen) atoms. The first-order chi connectivity index (χ1) is 10.9. The normalized spacial score (nSPS) is 10.2. The molecule has 0 fully saturated rings. The van der Waals surface area contributed by atoms with Gasteiger partial charge in [-0.25, -0.2) is 4.39 Å². The third kappa shape index (κ3) is 5.38. The number of carbonyl (C=O) groups excluding carboxylic acids is 2. The van der Waals surface area contributed by atoms with Crippen LogP contribution in [0.1, 0.15) is 11.1 Å². The second-order valence-corrected chi connectivity index (χ2v) is 5.40. The summed E-state index contributed by atoms with van der Waals surface area (Å²) in [6, 6.07) is 10.7. The first-order valence-corrected chi connectivity index (χ1v) is 7.28. The molecule has 2 aromatic rings.